The molecule has 4 N–H and O–H groups in total. The summed E-state index contributed by atoms with van der Waals surface area (Å²) in [5, 5.41) is 27.1. The Morgan fingerprint density at radius 3 is 2.70 bits per heavy atom. The summed E-state index contributed by atoms with van der Waals surface area (Å²) in [7, 11) is 0. The maximum Gasteiger partial charge on any atom is 0.224 e. The van der Waals surface area contributed by atoms with Gasteiger partial charge in [0, 0.05) is 38.6 Å². The first-order chi connectivity index (χ1) is 11.1. The van der Waals surface area contributed by atoms with Crippen LogP contribution in [0.3, 0.4) is 0 Å². The number of amides is 1. The number of nitrogens with zero attached hydrogens (tertiary/aromatic N) is 1. The summed E-state index contributed by atoms with van der Waals surface area (Å²) in [4.78, 5) is 13.9. The first-order valence-corrected chi connectivity index (χ1v) is 8.39. The van der Waals surface area contributed by atoms with E-state index in [0.29, 0.717) is 18.5 Å². The van der Waals surface area contributed by atoms with Gasteiger partial charge in [-0.1, -0.05) is 13.0 Å². The fourth-order valence-corrected chi connectivity index (χ4v) is 3.68. The zero-order valence-corrected chi connectivity index (χ0v) is 13.5. The van der Waals surface area contributed by atoms with Crippen molar-refractivity contribution in [3.8, 4) is 5.75 Å². The van der Waals surface area contributed by atoms with Crippen LogP contribution >= 0.6 is 0 Å². The number of aliphatic hydroxyl groups is 1. The van der Waals surface area contributed by atoms with E-state index in [-0.39, 0.29) is 17.7 Å². The van der Waals surface area contributed by atoms with Crippen LogP contribution in [0.25, 0.3) is 0 Å². The van der Waals surface area contributed by atoms with Crippen LogP contribution in [0.4, 0.5) is 5.69 Å². The molecular weight excluding hydrogens is 294 g/mol. The zero-order chi connectivity index (χ0) is 16.4. The number of aliphatic hydroxyl groups excluding tert-OH is 1. The summed E-state index contributed by atoms with van der Waals surface area (Å²) >= 11 is 0. The van der Waals surface area contributed by atoms with E-state index in [4.69, 9.17) is 0 Å². The Labute approximate surface area is 136 Å². The van der Waals surface area contributed by atoms with Crippen molar-refractivity contribution in [1.29, 1.82) is 0 Å². The number of nitrogens with one attached hydrogen (secondary N) is 2. The maximum atomic E-state index is 11.6. The minimum atomic E-state index is -0.623. The number of piperazine rings is 1. The summed E-state index contributed by atoms with van der Waals surface area (Å²) in [6.07, 6.45) is 1.17. The van der Waals surface area contributed by atoms with Crippen molar-refractivity contribution in [2.45, 2.75) is 38.3 Å². The second-order valence-corrected chi connectivity index (χ2v) is 6.28. The Morgan fingerprint density at radius 1 is 1.26 bits per heavy atom. The van der Waals surface area contributed by atoms with Gasteiger partial charge in [0.1, 0.15) is 5.75 Å². The summed E-state index contributed by atoms with van der Waals surface area (Å²) in [6.45, 7) is 5.81. The van der Waals surface area contributed by atoms with Crippen molar-refractivity contribution in [2.24, 2.45) is 0 Å². The Kier molecular flexibility index (Phi) is 4.84. The molecule has 6 nitrogen and oxygen atoms in total. The van der Waals surface area contributed by atoms with Gasteiger partial charge >= 0.3 is 0 Å². The minimum absolute atomic E-state index is 0.0448. The molecule has 0 aliphatic carbocycles. The molecule has 0 spiro atoms. The normalized spacial score (nSPS) is 21.4. The largest absolute Gasteiger partial charge is 0.506 e. The van der Waals surface area contributed by atoms with Crippen molar-refractivity contribution in [3.05, 3.63) is 23.3 Å². The van der Waals surface area contributed by atoms with Crippen LogP contribution in [0.15, 0.2) is 12.1 Å². The number of hydrogen-bond donors (Lipinski definition) is 4. The second kappa shape index (κ2) is 6.86. The van der Waals surface area contributed by atoms with Crippen LogP contribution in [-0.4, -0.2) is 53.2 Å². The molecule has 1 aromatic rings. The first kappa shape index (κ1) is 16.2. The number of phenolic OH excluding ortho intramolecular Hbond substituents is 1. The standard InChI is InChI=1S/C17H25N3O3/c1-2-13(20-9-7-18-8-10-20)17(23)12-3-5-14(21)16-11(12)4-6-15(22)19-16/h3,5,13,17-18,21,23H,2,4,6-10H2,1H3,(H,19,22). The molecule has 6 heteroatoms. The summed E-state index contributed by atoms with van der Waals surface area (Å²) in [6, 6.07) is 3.40. The number of carbonyl (C=O) groups is 1. The second-order valence-electron chi connectivity index (χ2n) is 6.28. The van der Waals surface area contributed by atoms with Gasteiger partial charge in [-0.2, -0.15) is 0 Å². The molecule has 0 radical (unpaired) electrons. The lowest BCUT2D eigenvalue weighted by molar-refractivity contribution is -0.116. The van der Waals surface area contributed by atoms with Crippen LogP contribution in [0, 0.1) is 0 Å². The molecule has 2 aliphatic rings. The van der Waals surface area contributed by atoms with Crippen LogP contribution in [0.1, 0.15) is 37.0 Å². The molecule has 1 amide bonds. The number of aromatic hydroxyl groups is 1. The fourth-order valence-electron chi connectivity index (χ4n) is 3.68. The Bertz CT molecular complexity index is 585. The van der Waals surface area contributed by atoms with Gasteiger partial charge in [-0.25, -0.2) is 0 Å². The Balaban J connectivity index is 1.90. The lowest BCUT2D eigenvalue weighted by Crippen LogP contribution is -2.50. The van der Waals surface area contributed by atoms with Crippen molar-refractivity contribution in [2.75, 3.05) is 31.5 Å². The van der Waals surface area contributed by atoms with Gasteiger partial charge in [-0.3, -0.25) is 9.69 Å². The number of anilines is 1. The molecule has 1 saturated heterocycles. The van der Waals surface area contributed by atoms with Crippen molar-refractivity contribution >= 4 is 11.6 Å². The molecule has 1 fully saturated rings. The van der Waals surface area contributed by atoms with E-state index in [0.717, 1.165) is 43.7 Å². The van der Waals surface area contributed by atoms with Gasteiger partial charge in [0.25, 0.3) is 0 Å². The molecule has 2 heterocycles. The molecule has 0 saturated carbocycles. The van der Waals surface area contributed by atoms with Gasteiger partial charge in [0.05, 0.1) is 11.8 Å². The SMILES string of the molecule is CCC(C(O)c1ccc(O)c2c1CCC(=O)N2)N1CCNCC1. The molecule has 0 aromatic heterocycles. The van der Waals surface area contributed by atoms with Gasteiger partial charge in [0.15, 0.2) is 0 Å². The van der Waals surface area contributed by atoms with Crippen LogP contribution in [0.5, 0.6) is 5.75 Å². The third kappa shape index (κ3) is 3.20. The van der Waals surface area contributed by atoms with Crippen LogP contribution in [-0.2, 0) is 11.2 Å². The lowest BCUT2D eigenvalue weighted by Gasteiger charge is -2.38. The molecule has 0 bridgehead atoms. The van der Waals surface area contributed by atoms with E-state index < -0.39 is 6.10 Å². The van der Waals surface area contributed by atoms with E-state index in [1.54, 1.807) is 12.1 Å². The Morgan fingerprint density at radius 2 is 2.00 bits per heavy atom. The molecule has 126 valence electrons. The lowest BCUT2D eigenvalue weighted by atomic mass is 9.89. The minimum Gasteiger partial charge on any atom is -0.506 e. The highest BCUT2D eigenvalue weighted by Gasteiger charge is 2.31. The molecule has 23 heavy (non-hydrogen) atoms. The molecule has 2 unspecified atom stereocenters. The van der Waals surface area contributed by atoms with Gasteiger partial charge < -0.3 is 20.8 Å². The number of carbonyl (C=O) groups excluding carboxylic acids is 1. The molecule has 2 atom stereocenters. The summed E-state index contributed by atoms with van der Waals surface area (Å²) < 4.78 is 0. The average Bonchev–Trinajstić information content (AvgIpc) is 2.57. The molecule has 2 aliphatic heterocycles. The van der Waals surface area contributed by atoms with E-state index in [9.17, 15) is 15.0 Å². The van der Waals surface area contributed by atoms with Crippen molar-refractivity contribution < 1.29 is 15.0 Å². The van der Waals surface area contributed by atoms with Crippen molar-refractivity contribution in [1.82, 2.24) is 10.2 Å². The van der Waals surface area contributed by atoms with Crippen molar-refractivity contribution in [3.63, 3.8) is 0 Å². The quantitative estimate of drug-likeness (QED) is 0.622. The topological polar surface area (TPSA) is 84.8 Å². The number of benzene rings is 1. The van der Waals surface area contributed by atoms with E-state index >= 15 is 0 Å². The smallest absolute Gasteiger partial charge is 0.224 e. The molecule has 3 rings (SSSR count). The number of phenols is 1. The van der Waals surface area contributed by atoms with Crippen LogP contribution in [0.2, 0.25) is 0 Å². The van der Waals surface area contributed by atoms with E-state index in [1.165, 1.54) is 0 Å². The summed E-state index contributed by atoms with van der Waals surface area (Å²) in [5.74, 6) is -0.0205. The van der Waals surface area contributed by atoms with E-state index in [2.05, 4.69) is 22.5 Å². The third-order valence-corrected chi connectivity index (χ3v) is 4.92. The number of hydrogen-bond acceptors (Lipinski definition) is 5. The zero-order valence-electron chi connectivity index (χ0n) is 13.5. The first-order valence-electron chi connectivity index (χ1n) is 8.39. The predicted molar refractivity (Wildman–Crippen MR) is 88.5 cm³/mol. The van der Waals surface area contributed by atoms with E-state index in [1.807, 2.05) is 0 Å². The monoisotopic (exact) mass is 319 g/mol. The Hall–Kier alpha value is -1.63. The predicted octanol–water partition coefficient (Wildman–Crippen LogP) is 0.994. The van der Waals surface area contributed by atoms with Crippen LogP contribution < -0.4 is 10.6 Å². The number of fused-ring (bicyclic) bond motifs is 1. The highest BCUT2D eigenvalue weighted by atomic mass is 16.3. The third-order valence-electron chi connectivity index (χ3n) is 4.92. The highest BCUT2D eigenvalue weighted by Crippen LogP contribution is 2.38. The van der Waals surface area contributed by atoms with Gasteiger partial charge in [-0.05, 0) is 30.0 Å². The fraction of sp³-hybridized carbons (Fsp3) is 0.588. The molecular formula is C17H25N3O3. The highest BCUT2D eigenvalue weighted by molar-refractivity contribution is 5.96. The number of rotatable bonds is 4. The molecule has 1 aromatic carbocycles. The maximum absolute atomic E-state index is 11.6. The summed E-state index contributed by atoms with van der Waals surface area (Å²) in [5.41, 5.74) is 2.15. The van der Waals surface area contributed by atoms with Gasteiger partial charge in [-0.15, -0.1) is 0 Å². The van der Waals surface area contributed by atoms with Gasteiger partial charge in [0.2, 0.25) is 5.91 Å². The average molecular weight is 319 g/mol.